The second-order valence-corrected chi connectivity index (χ2v) is 18.5. The first kappa shape index (κ1) is 42.1. The lowest BCUT2D eigenvalue weighted by atomic mass is 9.80. The molecule has 60 heavy (non-hydrogen) atoms. The molecule has 2 aliphatic rings. The van der Waals surface area contributed by atoms with E-state index in [9.17, 15) is 9.59 Å². The van der Waals surface area contributed by atoms with E-state index in [4.69, 9.17) is 52.4 Å². The van der Waals surface area contributed by atoms with Gasteiger partial charge >= 0.3 is 11.9 Å². The molecule has 0 saturated heterocycles. The number of aromatic nitrogens is 4. The van der Waals surface area contributed by atoms with Crippen molar-refractivity contribution in [3.05, 3.63) is 94.1 Å². The Morgan fingerprint density at radius 3 is 1.72 bits per heavy atom. The number of hydrogen-bond donors (Lipinski definition) is 1. The number of thiophene rings is 2. The topological polar surface area (TPSA) is 125 Å². The number of nitrogens with zero attached hydrogens (tertiary/aromatic N) is 4. The molecule has 2 saturated carbocycles. The van der Waals surface area contributed by atoms with Crippen molar-refractivity contribution in [1.29, 1.82) is 0 Å². The van der Waals surface area contributed by atoms with Gasteiger partial charge in [0.1, 0.15) is 38.0 Å². The van der Waals surface area contributed by atoms with E-state index in [-0.39, 0.29) is 17.9 Å². The smallest absolute Gasteiger partial charge is 0.305 e. The van der Waals surface area contributed by atoms with E-state index in [0.717, 1.165) is 106 Å². The first-order chi connectivity index (χ1) is 29.2. The lowest BCUT2D eigenvalue weighted by Gasteiger charge is -2.27. The van der Waals surface area contributed by atoms with Gasteiger partial charge in [0.15, 0.2) is 0 Å². The summed E-state index contributed by atoms with van der Waals surface area (Å²) in [5.74, 6) is 4.40. The third kappa shape index (κ3) is 9.32. The van der Waals surface area contributed by atoms with Crippen LogP contribution in [0.2, 0.25) is 10.2 Å². The van der Waals surface area contributed by atoms with Crippen LogP contribution in [-0.4, -0.2) is 53.2 Å². The van der Waals surface area contributed by atoms with E-state index < -0.39 is 0 Å². The maximum atomic E-state index is 11.7. The Bertz CT molecular complexity index is 2650. The van der Waals surface area contributed by atoms with Crippen molar-refractivity contribution < 1.29 is 23.8 Å². The van der Waals surface area contributed by atoms with Gasteiger partial charge in [0, 0.05) is 51.4 Å². The molecular formula is C46H47Cl2N5O5S2. The summed E-state index contributed by atoms with van der Waals surface area (Å²) in [5, 5.41) is 9.02. The predicted octanol–water partition coefficient (Wildman–Crippen LogP) is 12.3. The number of hydrogen-bond acceptors (Lipinski definition) is 12. The third-order valence-corrected chi connectivity index (χ3v) is 14.6. The number of esters is 2. The molecule has 0 bridgehead atoms. The third-order valence-electron chi connectivity index (χ3n) is 11.9. The van der Waals surface area contributed by atoms with Gasteiger partial charge in [-0.2, -0.15) is 0 Å². The highest BCUT2D eigenvalue weighted by Gasteiger charge is 2.29. The molecule has 4 aromatic heterocycles. The fraction of sp³-hybridized carbons (Fsp3) is 0.391. The monoisotopic (exact) mass is 883 g/mol. The molecule has 3 aromatic carbocycles. The number of anilines is 1. The SMILES string of the molecule is COC(=O)CC1CCC(c2nc(Cl)c3c(n2)sc2ccccc23)CC1.COC(=O)CC1CCC(c2nc(NCc3ccc(OC)c(Cl)c3)c3c(n2)sc2ccccc23)CC1. The summed E-state index contributed by atoms with van der Waals surface area (Å²) in [7, 11) is 4.52. The number of nitrogens with one attached hydrogen (secondary N) is 1. The van der Waals surface area contributed by atoms with E-state index in [0.29, 0.717) is 53.1 Å². The van der Waals surface area contributed by atoms with Gasteiger partial charge in [0.25, 0.3) is 0 Å². The Labute approximate surface area is 367 Å². The molecule has 0 unspecified atom stereocenters. The number of ether oxygens (including phenoxy) is 3. The molecule has 2 aliphatic carbocycles. The van der Waals surface area contributed by atoms with E-state index >= 15 is 0 Å². The van der Waals surface area contributed by atoms with Crippen molar-refractivity contribution in [1.82, 2.24) is 19.9 Å². The zero-order chi connectivity index (χ0) is 41.8. The van der Waals surface area contributed by atoms with Gasteiger partial charge < -0.3 is 19.5 Å². The molecule has 0 atom stereocenters. The van der Waals surface area contributed by atoms with Gasteiger partial charge in [-0.25, -0.2) is 19.9 Å². The highest BCUT2D eigenvalue weighted by molar-refractivity contribution is 7.26. The Morgan fingerprint density at radius 2 is 1.18 bits per heavy atom. The number of benzene rings is 3. The van der Waals surface area contributed by atoms with Crippen molar-refractivity contribution in [2.45, 2.75) is 82.6 Å². The van der Waals surface area contributed by atoms with Crippen molar-refractivity contribution in [2.24, 2.45) is 11.8 Å². The second kappa shape index (κ2) is 19.0. The van der Waals surface area contributed by atoms with Crippen molar-refractivity contribution in [3.8, 4) is 5.75 Å². The lowest BCUT2D eigenvalue weighted by molar-refractivity contribution is -0.142. The number of carbonyl (C=O) groups excluding carboxylic acids is 2. The predicted molar refractivity (Wildman–Crippen MR) is 243 cm³/mol. The summed E-state index contributed by atoms with van der Waals surface area (Å²) >= 11 is 16.2. The molecule has 312 valence electrons. The highest BCUT2D eigenvalue weighted by Crippen LogP contribution is 2.42. The minimum Gasteiger partial charge on any atom is -0.495 e. The zero-order valence-electron chi connectivity index (χ0n) is 33.8. The van der Waals surface area contributed by atoms with Gasteiger partial charge in [-0.1, -0.05) is 65.7 Å². The molecule has 9 rings (SSSR count). The number of halogens is 2. The summed E-state index contributed by atoms with van der Waals surface area (Å²) in [5.41, 5.74) is 1.05. The molecule has 1 N–H and O–H groups in total. The van der Waals surface area contributed by atoms with Crippen LogP contribution in [0.1, 0.15) is 93.3 Å². The molecule has 0 aliphatic heterocycles. The normalized spacial score (nSPS) is 19.2. The van der Waals surface area contributed by atoms with E-state index in [1.165, 1.54) is 23.6 Å². The van der Waals surface area contributed by atoms with Crippen molar-refractivity contribution in [3.63, 3.8) is 0 Å². The summed E-state index contributed by atoms with van der Waals surface area (Å²) in [6.07, 6.45) is 8.94. The van der Waals surface area contributed by atoms with Crippen LogP contribution >= 0.6 is 45.9 Å². The van der Waals surface area contributed by atoms with Crippen LogP contribution in [0.5, 0.6) is 5.75 Å². The minimum absolute atomic E-state index is 0.116. The van der Waals surface area contributed by atoms with Crippen LogP contribution in [0.25, 0.3) is 40.6 Å². The maximum absolute atomic E-state index is 11.7. The standard InChI is InChI=1S/C27H28ClN3O3S.C19H19ClN2O2S/c1-33-21-12-9-17(13-20(21)28)15-29-26-24-19-5-3-4-6-22(19)35-27(24)31-25(30-26)18-10-7-16(8-11-18)14-23(32)34-2;1-24-15(23)10-11-6-8-12(9-7-11)18-21-17(20)16-13-4-2-3-5-14(13)25-19(16)22-18/h3-6,9,12-13,16,18H,7-8,10-11,14-15H2,1-2H3,(H,29,30,31);2-5,11-12H,6-10H2,1H3. The molecule has 0 radical (unpaired) electrons. The Kier molecular flexibility index (Phi) is 13.3. The van der Waals surface area contributed by atoms with Gasteiger partial charge in [0.2, 0.25) is 0 Å². The van der Waals surface area contributed by atoms with Crippen molar-refractivity contribution in [2.75, 3.05) is 26.6 Å². The molecule has 14 heteroatoms. The molecule has 0 spiro atoms. The number of carbonyl (C=O) groups is 2. The van der Waals surface area contributed by atoms with Gasteiger partial charge in [0.05, 0.1) is 37.1 Å². The van der Waals surface area contributed by atoms with Gasteiger partial charge in [-0.15, -0.1) is 22.7 Å². The zero-order valence-corrected chi connectivity index (χ0v) is 37.0. The van der Waals surface area contributed by atoms with E-state index in [2.05, 4.69) is 46.7 Å². The Hall–Kier alpha value is -4.62. The number of fused-ring (bicyclic) bond motifs is 6. The van der Waals surface area contributed by atoms with Crippen LogP contribution in [0.3, 0.4) is 0 Å². The van der Waals surface area contributed by atoms with Crippen LogP contribution in [0.15, 0.2) is 66.7 Å². The fourth-order valence-corrected chi connectivity index (χ4v) is 11.4. The molecule has 2 fully saturated rings. The summed E-state index contributed by atoms with van der Waals surface area (Å²) in [6.45, 7) is 0.589. The summed E-state index contributed by atoms with van der Waals surface area (Å²) in [4.78, 5) is 44.6. The largest absolute Gasteiger partial charge is 0.495 e. The Morgan fingerprint density at radius 1 is 0.667 bits per heavy atom. The van der Waals surface area contributed by atoms with Crippen molar-refractivity contribution >= 4 is 104 Å². The van der Waals surface area contributed by atoms with Crippen LogP contribution in [0.4, 0.5) is 5.82 Å². The van der Waals surface area contributed by atoms with E-state index in [1.54, 1.807) is 29.8 Å². The average Bonchev–Trinajstić information content (AvgIpc) is 3.85. The van der Waals surface area contributed by atoms with Crippen LogP contribution < -0.4 is 10.1 Å². The van der Waals surface area contributed by atoms with Gasteiger partial charge in [-0.05, 0) is 93.0 Å². The lowest BCUT2D eigenvalue weighted by Crippen LogP contribution is -2.19. The Balaban J connectivity index is 0.000000176. The molecule has 4 heterocycles. The molecule has 10 nitrogen and oxygen atoms in total. The molecule has 7 aromatic rings. The fourth-order valence-electron chi connectivity index (χ4n) is 8.62. The maximum Gasteiger partial charge on any atom is 0.305 e. The first-order valence-corrected chi connectivity index (χ1v) is 22.8. The van der Waals surface area contributed by atoms with E-state index in [1.807, 2.05) is 30.3 Å². The van der Waals surface area contributed by atoms with Crippen LogP contribution in [0, 0.1) is 11.8 Å². The minimum atomic E-state index is -0.124. The van der Waals surface area contributed by atoms with Crippen LogP contribution in [-0.2, 0) is 25.6 Å². The highest BCUT2D eigenvalue weighted by atomic mass is 35.5. The first-order valence-electron chi connectivity index (χ1n) is 20.4. The quantitative estimate of drug-likeness (QED) is 0.105. The van der Waals surface area contributed by atoms with Gasteiger partial charge in [-0.3, -0.25) is 9.59 Å². The molecule has 0 amide bonds. The number of rotatable bonds is 10. The summed E-state index contributed by atoms with van der Waals surface area (Å²) < 4.78 is 17.3. The summed E-state index contributed by atoms with van der Waals surface area (Å²) in [6, 6.07) is 22.4. The second-order valence-electron chi connectivity index (χ2n) is 15.7. The molecular weight excluding hydrogens is 838 g/mol. The average molecular weight is 885 g/mol. The number of methoxy groups -OCH3 is 3.